The smallest absolute Gasteiger partial charge is 0.303 e. The maximum absolute atomic E-state index is 10.4. The van der Waals surface area contributed by atoms with Gasteiger partial charge < -0.3 is 5.11 Å². The Morgan fingerprint density at radius 2 is 0.774 bits per heavy atom. The monoisotopic (exact) mass is 438 g/mol. The first-order valence-electron chi connectivity index (χ1n) is 14.4. The Hall–Kier alpha value is -0.530. The minimum absolute atomic E-state index is 0.346. The SMILES string of the molecule is CC[C@@H](C)CCCCCCCCCCCCCCCCCCCCCCCCC(=O)O. The highest BCUT2D eigenvalue weighted by molar-refractivity contribution is 5.66. The van der Waals surface area contributed by atoms with Gasteiger partial charge in [0.1, 0.15) is 0 Å². The van der Waals surface area contributed by atoms with Crippen molar-refractivity contribution >= 4 is 5.97 Å². The molecule has 0 amide bonds. The van der Waals surface area contributed by atoms with Gasteiger partial charge in [-0.05, 0) is 12.3 Å². The average Bonchev–Trinajstić information content (AvgIpc) is 2.76. The number of unbranched alkanes of at least 4 members (excludes halogenated alkanes) is 21. The molecule has 31 heavy (non-hydrogen) atoms. The van der Waals surface area contributed by atoms with Gasteiger partial charge in [0.25, 0.3) is 0 Å². The van der Waals surface area contributed by atoms with Crippen molar-refractivity contribution in [1.82, 2.24) is 0 Å². The summed E-state index contributed by atoms with van der Waals surface area (Å²) in [5.74, 6) is 0.286. The molecule has 0 unspecified atom stereocenters. The molecule has 0 aliphatic rings. The Balaban J connectivity index is 3.03. The quantitative estimate of drug-likeness (QED) is 0.136. The van der Waals surface area contributed by atoms with Crippen LogP contribution >= 0.6 is 0 Å². The molecule has 0 bridgehead atoms. The molecular weight excluding hydrogens is 380 g/mol. The lowest BCUT2D eigenvalue weighted by Crippen LogP contribution is -1.93. The Morgan fingerprint density at radius 3 is 1.03 bits per heavy atom. The molecule has 0 rings (SSSR count). The summed E-state index contributed by atoms with van der Waals surface area (Å²) in [5.41, 5.74) is 0. The third kappa shape index (κ3) is 27.4. The number of hydrogen-bond donors (Lipinski definition) is 1. The van der Waals surface area contributed by atoms with Crippen LogP contribution in [0.1, 0.15) is 174 Å². The van der Waals surface area contributed by atoms with Gasteiger partial charge in [0, 0.05) is 6.42 Å². The van der Waals surface area contributed by atoms with Crippen LogP contribution in [-0.2, 0) is 4.79 Å². The van der Waals surface area contributed by atoms with Gasteiger partial charge in [-0.25, -0.2) is 0 Å². The number of aliphatic carboxylic acids is 1. The van der Waals surface area contributed by atoms with Crippen molar-refractivity contribution in [2.75, 3.05) is 0 Å². The number of hydrogen-bond acceptors (Lipinski definition) is 1. The maximum atomic E-state index is 10.4. The number of carbonyl (C=O) groups is 1. The van der Waals surface area contributed by atoms with Crippen LogP contribution in [0.15, 0.2) is 0 Å². The van der Waals surface area contributed by atoms with Crippen molar-refractivity contribution in [2.24, 2.45) is 5.92 Å². The minimum atomic E-state index is -0.649. The average molecular weight is 439 g/mol. The first-order valence-corrected chi connectivity index (χ1v) is 14.4. The first kappa shape index (κ1) is 30.5. The highest BCUT2D eigenvalue weighted by Gasteiger charge is 1.99. The summed E-state index contributed by atoms with van der Waals surface area (Å²) in [5, 5.41) is 8.60. The normalized spacial score (nSPS) is 12.3. The van der Waals surface area contributed by atoms with E-state index in [1.807, 2.05) is 0 Å². The molecule has 0 saturated heterocycles. The highest BCUT2D eigenvalue weighted by atomic mass is 16.4. The summed E-state index contributed by atoms with van der Waals surface area (Å²) in [6.07, 6.45) is 33.5. The van der Waals surface area contributed by atoms with Crippen LogP contribution in [0.2, 0.25) is 0 Å². The van der Waals surface area contributed by atoms with E-state index in [0.717, 1.165) is 18.8 Å². The molecule has 0 aliphatic heterocycles. The van der Waals surface area contributed by atoms with E-state index in [9.17, 15) is 4.79 Å². The lowest BCUT2D eigenvalue weighted by molar-refractivity contribution is -0.137. The summed E-state index contributed by atoms with van der Waals surface area (Å²) in [6, 6.07) is 0. The lowest BCUT2D eigenvalue weighted by Gasteiger charge is -2.07. The van der Waals surface area contributed by atoms with Crippen molar-refractivity contribution in [3.63, 3.8) is 0 Å². The fraction of sp³-hybridized carbons (Fsp3) is 0.966. The molecule has 0 spiro atoms. The van der Waals surface area contributed by atoms with Gasteiger partial charge in [0.05, 0.1) is 0 Å². The predicted molar refractivity (Wildman–Crippen MR) is 138 cm³/mol. The zero-order chi connectivity index (χ0) is 22.8. The molecule has 0 aromatic carbocycles. The van der Waals surface area contributed by atoms with E-state index < -0.39 is 5.97 Å². The van der Waals surface area contributed by atoms with Gasteiger partial charge in [0.15, 0.2) is 0 Å². The van der Waals surface area contributed by atoms with Crippen LogP contribution in [0, 0.1) is 5.92 Å². The first-order chi connectivity index (χ1) is 15.2. The maximum Gasteiger partial charge on any atom is 0.303 e. The molecule has 2 heteroatoms. The van der Waals surface area contributed by atoms with E-state index in [1.165, 1.54) is 141 Å². The summed E-state index contributed by atoms with van der Waals surface area (Å²) in [6.45, 7) is 4.70. The van der Waals surface area contributed by atoms with Gasteiger partial charge in [-0.2, -0.15) is 0 Å². The van der Waals surface area contributed by atoms with Crippen LogP contribution in [0.4, 0.5) is 0 Å². The largest absolute Gasteiger partial charge is 0.481 e. The van der Waals surface area contributed by atoms with Crippen molar-refractivity contribution in [3.05, 3.63) is 0 Å². The highest BCUT2D eigenvalue weighted by Crippen LogP contribution is 2.17. The number of carboxylic acids is 1. The van der Waals surface area contributed by atoms with Crippen LogP contribution < -0.4 is 0 Å². The van der Waals surface area contributed by atoms with Crippen LogP contribution in [0.25, 0.3) is 0 Å². The fourth-order valence-electron chi connectivity index (χ4n) is 4.51. The van der Waals surface area contributed by atoms with Crippen molar-refractivity contribution < 1.29 is 9.90 Å². The number of carboxylic acid groups (broad SMARTS) is 1. The van der Waals surface area contributed by atoms with Crippen LogP contribution in [0.5, 0.6) is 0 Å². The summed E-state index contributed by atoms with van der Waals surface area (Å²) >= 11 is 0. The Bertz CT molecular complexity index is 353. The Morgan fingerprint density at radius 1 is 0.516 bits per heavy atom. The standard InChI is InChI=1S/C29H58O2/c1-3-28(2)26-24-22-20-18-16-14-12-10-8-6-4-5-7-9-11-13-15-17-19-21-23-25-27-29(30)31/h28H,3-27H2,1-2H3,(H,30,31)/t28-/m1/s1. The predicted octanol–water partition coefficient (Wildman–Crippen LogP) is 10.5. The molecule has 0 aromatic heterocycles. The second-order valence-electron chi connectivity index (χ2n) is 10.2. The second kappa shape index (κ2) is 25.7. The molecule has 0 radical (unpaired) electrons. The molecule has 0 aromatic rings. The zero-order valence-corrected chi connectivity index (χ0v) is 21.6. The van der Waals surface area contributed by atoms with Gasteiger partial charge in [-0.1, -0.05) is 162 Å². The molecule has 2 nitrogen and oxygen atoms in total. The summed E-state index contributed by atoms with van der Waals surface area (Å²) in [4.78, 5) is 10.4. The van der Waals surface area contributed by atoms with Crippen LogP contribution in [-0.4, -0.2) is 11.1 Å². The topological polar surface area (TPSA) is 37.3 Å². The summed E-state index contributed by atoms with van der Waals surface area (Å²) < 4.78 is 0. The van der Waals surface area contributed by atoms with E-state index in [0.29, 0.717) is 6.42 Å². The molecule has 1 atom stereocenters. The lowest BCUT2D eigenvalue weighted by atomic mass is 9.99. The van der Waals surface area contributed by atoms with E-state index in [1.54, 1.807) is 0 Å². The fourth-order valence-corrected chi connectivity index (χ4v) is 4.51. The van der Waals surface area contributed by atoms with Gasteiger partial charge in [0.2, 0.25) is 0 Å². The Kier molecular flexibility index (Phi) is 25.3. The van der Waals surface area contributed by atoms with Gasteiger partial charge in [-0.3, -0.25) is 4.79 Å². The van der Waals surface area contributed by atoms with Gasteiger partial charge >= 0.3 is 5.97 Å². The zero-order valence-electron chi connectivity index (χ0n) is 21.6. The van der Waals surface area contributed by atoms with Crippen LogP contribution in [0.3, 0.4) is 0 Å². The van der Waals surface area contributed by atoms with E-state index in [2.05, 4.69) is 13.8 Å². The Labute approximate surface area is 196 Å². The molecule has 0 heterocycles. The third-order valence-corrected chi connectivity index (χ3v) is 7.03. The molecular formula is C29H58O2. The van der Waals surface area contributed by atoms with Crippen molar-refractivity contribution in [3.8, 4) is 0 Å². The molecule has 186 valence electrons. The molecule has 1 N–H and O–H groups in total. The molecule has 0 aliphatic carbocycles. The van der Waals surface area contributed by atoms with E-state index in [4.69, 9.17) is 5.11 Å². The van der Waals surface area contributed by atoms with Crippen molar-refractivity contribution in [2.45, 2.75) is 174 Å². The number of rotatable bonds is 26. The molecule has 0 saturated carbocycles. The third-order valence-electron chi connectivity index (χ3n) is 7.03. The van der Waals surface area contributed by atoms with Gasteiger partial charge in [-0.15, -0.1) is 0 Å². The summed E-state index contributed by atoms with van der Waals surface area (Å²) in [7, 11) is 0. The van der Waals surface area contributed by atoms with E-state index in [-0.39, 0.29) is 0 Å². The van der Waals surface area contributed by atoms with Crippen molar-refractivity contribution in [1.29, 1.82) is 0 Å². The molecule has 0 fully saturated rings. The minimum Gasteiger partial charge on any atom is -0.481 e. The van der Waals surface area contributed by atoms with E-state index >= 15 is 0 Å². The second-order valence-corrected chi connectivity index (χ2v) is 10.2.